The fourth-order valence-corrected chi connectivity index (χ4v) is 3.98. The Bertz CT molecular complexity index is 937. The topological polar surface area (TPSA) is 74.1 Å². The van der Waals surface area contributed by atoms with Crippen molar-refractivity contribution in [2.75, 3.05) is 6.61 Å². The number of aromatic nitrogens is 3. The number of rotatable bonds is 4. The van der Waals surface area contributed by atoms with Gasteiger partial charge in [0.05, 0.1) is 6.61 Å². The maximum Gasteiger partial charge on any atom is 0.288 e. The maximum atomic E-state index is 12.9. The molecule has 1 heterocycles. The molecule has 3 aromatic rings. The van der Waals surface area contributed by atoms with Crippen molar-refractivity contribution < 1.29 is 13.2 Å². The minimum Gasteiger partial charge on any atom is -0.492 e. The molecule has 0 saturated carbocycles. The number of benzene rings is 2. The maximum absolute atomic E-state index is 12.9. The predicted molar refractivity (Wildman–Crippen MR) is 85.4 cm³/mol. The van der Waals surface area contributed by atoms with Gasteiger partial charge in [-0.25, -0.2) is 0 Å². The SMILES string of the molecule is CCOc1ccc(Br)cc1S(=O)(=O)n1nnc2ccccc21. The van der Waals surface area contributed by atoms with Crippen molar-refractivity contribution in [3.63, 3.8) is 0 Å². The van der Waals surface area contributed by atoms with E-state index in [2.05, 4.69) is 26.2 Å². The monoisotopic (exact) mass is 381 g/mol. The third-order valence-corrected chi connectivity index (χ3v) is 5.13. The first-order chi connectivity index (χ1) is 10.5. The fourth-order valence-electron chi connectivity index (χ4n) is 2.08. The number of halogens is 1. The van der Waals surface area contributed by atoms with E-state index in [1.54, 1.807) is 43.3 Å². The van der Waals surface area contributed by atoms with Crippen LogP contribution in [0.15, 0.2) is 51.8 Å². The third kappa shape index (κ3) is 2.48. The molecule has 22 heavy (non-hydrogen) atoms. The van der Waals surface area contributed by atoms with Crippen LogP contribution in [0.25, 0.3) is 11.0 Å². The van der Waals surface area contributed by atoms with Gasteiger partial charge in [0.15, 0.2) is 0 Å². The van der Waals surface area contributed by atoms with Crippen LogP contribution in [0, 0.1) is 0 Å². The van der Waals surface area contributed by atoms with E-state index in [-0.39, 0.29) is 10.6 Å². The summed E-state index contributed by atoms with van der Waals surface area (Å²) in [6, 6.07) is 11.7. The second-order valence-corrected chi connectivity index (χ2v) is 7.10. The minimum absolute atomic E-state index is 0.0411. The molecule has 0 atom stereocenters. The van der Waals surface area contributed by atoms with E-state index in [9.17, 15) is 8.42 Å². The second kappa shape index (κ2) is 5.69. The molecule has 0 fully saturated rings. The van der Waals surface area contributed by atoms with Crippen LogP contribution in [0.5, 0.6) is 5.75 Å². The first-order valence-corrected chi connectivity index (χ1v) is 8.75. The minimum atomic E-state index is -3.91. The lowest BCUT2D eigenvalue weighted by Crippen LogP contribution is -2.16. The summed E-state index contributed by atoms with van der Waals surface area (Å²) in [5.74, 6) is 0.283. The van der Waals surface area contributed by atoms with E-state index in [4.69, 9.17) is 4.74 Å². The lowest BCUT2D eigenvalue weighted by molar-refractivity contribution is 0.331. The third-order valence-electron chi connectivity index (χ3n) is 3.03. The van der Waals surface area contributed by atoms with E-state index in [1.807, 2.05) is 0 Å². The van der Waals surface area contributed by atoms with Crippen molar-refractivity contribution in [2.45, 2.75) is 11.8 Å². The lowest BCUT2D eigenvalue weighted by Gasteiger charge is -2.11. The van der Waals surface area contributed by atoms with Crippen molar-refractivity contribution in [1.82, 2.24) is 14.4 Å². The highest BCUT2D eigenvalue weighted by atomic mass is 79.9. The van der Waals surface area contributed by atoms with Gasteiger partial charge in [0.25, 0.3) is 10.0 Å². The molecule has 0 aliphatic carbocycles. The summed E-state index contributed by atoms with van der Waals surface area (Å²) in [5, 5.41) is 7.67. The standard InChI is InChI=1S/C14H12BrN3O3S/c1-2-21-13-8-7-10(15)9-14(13)22(19,20)18-12-6-4-3-5-11(12)16-17-18/h3-9H,2H2,1H3. The van der Waals surface area contributed by atoms with Crippen LogP contribution >= 0.6 is 15.9 Å². The van der Waals surface area contributed by atoms with Crippen LogP contribution in [-0.2, 0) is 10.0 Å². The smallest absolute Gasteiger partial charge is 0.288 e. The van der Waals surface area contributed by atoms with Crippen LogP contribution < -0.4 is 4.74 Å². The second-order valence-electron chi connectivity index (χ2n) is 4.45. The quantitative estimate of drug-likeness (QED) is 0.694. The van der Waals surface area contributed by atoms with Gasteiger partial charge in [-0.2, -0.15) is 8.42 Å². The molecular weight excluding hydrogens is 370 g/mol. The molecular formula is C14H12BrN3O3S. The highest BCUT2D eigenvalue weighted by molar-refractivity contribution is 9.10. The van der Waals surface area contributed by atoms with Crippen LogP contribution in [0.2, 0.25) is 0 Å². The van der Waals surface area contributed by atoms with Crippen LogP contribution in [0.3, 0.4) is 0 Å². The number of fused-ring (bicyclic) bond motifs is 1. The Balaban J connectivity index is 2.24. The zero-order valence-corrected chi connectivity index (χ0v) is 14.0. The van der Waals surface area contributed by atoms with E-state index in [0.717, 1.165) is 4.09 Å². The molecule has 0 amide bonds. The van der Waals surface area contributed by atoms with Gasteiger partial charge in [-0.1, -0.05) is 33.3 Å². The summed E-state index contributed by atoms with van der Waals surface area (Å²) in [4.78, 5) is 0.0411. The van der Waals surface area contributed by atoms with Gasteiger partial charge in [-0.3, -0.25) is 0 Å². The lowest BCUT2D eigenvalue weighted by atomic mass is 10.3. The Kier molecular flexibility index (Phi) is 3.88. The van der Waals surface area contributed by atoms with Gasteiger partial charge >= 0.3 is 0 Å². The van der Waals surface area contributed by atoms with Crippen molar-refractivity contribution >= 4 is 37.0 Å². The summed E-state index contributed by atoms with van der Waals surface area (Å²) in [6.45, 7) is 2.16. The molecule has 3 rings (SSSR count). The normalized spacial score (nSPS) is 11.7. The van der Waals surface area contributed by atoms with E-state index >= 15 is 0 Å². The van der Waals surface area contributed by atoms with Gasteiger partial charge in [-0.05, 0) is 37.3 Å². The Morgan fingerprint density at radius 3 is 2.77 bits per heavy atom. The summed E-state index contributed by atoms with van der Waals surface area (Å²) in [7, 11) is -3.91. The molecule has 0 aliphatic heterocycles. The highest BCUT2D eigenvalue weighted by Gasteiger charge is 2.25. The molecule has 0 spiro atoms. The Labute approximate surface area is 135 Å². The van der Waals surface area contributed by atoms with Gasteiger partial charge in [0, 0.05) is 4.47 Å². The van der Waals surface area contributed by atoms with Crippen molar-refractivity contribution in [3.8, 4) is 5.75 Å². The molecule has 0 saturated heterocycles. The molecule has 1 aromatic heterocycles. The molecule has 0 bridgehead atoms. The molecule has 0 N–H and O–H groups in total. The molecule has 0 unspecified atom stereocenters. The van der Waals surface area contributed by atoms with Gasteiger partial charge in [-0.15, -0.1) is 9.19 Å². The largest absolute Gasteiger partial charge is 0.492 e. The molecule has 114 valence electrons. The van der Waals surface area contributed by atoms with E-state index < -0.39 is 10.0 Å². The zero-order chi connectivity index (χ0) is 15.7. The number of hydrogen-bond acceptors (Lipinski definition) is 5. The van der Waals surface area contributed by atoms with Crippen LogP contribution in [0.1, 0.15) is 6.92 Å². The molecule has 0 aliphatic rings. The number of nitrogens with zero attached hydrogens (tertiary/aromatic N) is 3. The summed E-state index contributed by atoms with van der Waals surface area (Å²) < 4.78 is 32.8. The summed E-state index contributed by atoms with van der Waals surface area (Å²) >= 11 is 3.29. The number of hydrogen-bond donors (Lipinski definition) is 0. The Morgan fingerprint density at radius 2 is 2.00 bits per heavy atom. The fraction of sp³-hybridized carbons (Fsp3) is 0.143. The van der Waals surface area contributed by atoms with Gasteiger partial charge in [0.2, 0.25) is 0 Å². The average molecular weight is 382 g/mol. The first kappa shape index (κ1) is 15.0. The molecule has 8 heteroatoms. The summed E-state index contributed by atoms with van der Waals surface area (Å²) in [5.41, 5.74) is 0.934. The number of ether oxygens (including phenoxy) is 1. The Morgan fingerprint density at radius 1 is 1.23 bits per heavy atom. The van der Waals surface area contributed by atoms with Gasteiger partial charge in [0.1, 0.15) is 21.7 Å². The van der Waals surface area contributed by atoms with Crippen LogP contribution in [-0.4, -0.2) is 29.4 Å². The van der Waals surface area contributed by atoms with Crippen LogP contribution in [0.4, 0.5) is 0 Å². The van der Waals surface area contributed by atoms with E-state index in [1.165, 1.54) is 6.07 Å². The average Bonchev–Trinajstić information content (AvgIpc) is 2.94. The van der Waals surface area contributed by atoms with Crippen molar-refractivity contribution in [2.24, 2.45) is 0 Å². The first-order valence-electron chi connectivity index (χ1n) is 6.52. The molecule has 6 nitrogen and oxygen atoms in total. The zero-order valence-electron chi connectivity index (χ0n) is 11.6. The van der Waals surface area contributed by atoms with E-state index in [0.29, 0.717) is 22.1 Å². The van der Waals surface area contributed by atoms with Crippen molar-refractivity contribution in [3.05, 3.63) is 46.9 Å². The predicted octanol–water partition coefficient (Wildman–Crippen LogP) is 2.83. The highest BCUT2D eigenvalue weighted by Crippen LogP contribution is 2.30. The van der Waals surface area contributed by atoms with Gasteiger partial charge < -0.3 is 4.74 Å². The number of para-hydroxylation sites is 1. The summed E-state index contributed by atoms with van der Waals surface area (Å²) in [6.07, 6.45) is 0. The Hall–Kier alpha value is -1.93. The molecule has 2 aromatic carbocycles. The van der Waals surface area contributed by atoms with Crippen molar-refractivity contribution in [1.29, 1.82) is 0 Å². The molecule has 0 radical (unpaired) electrons.